The fourth-order valence-corrected chi connectivity index (χ4v) is 2.33. The predicted octanol–water partition coefficient (Wildman–Crippen LogP) is 2.79. The van der Waals surface area contributed by atoms with E-state index in [4.69, 9.17) is 5.11 Å². The number of amides is 1. The summed E-state index contributed by atoms with van der Waals surface area (Å²) in [4.78, 5) is 10.1. The minimum atomic E-state index is -0.998. The summed E-state index contributed by atoms with van der Waals surface area (Å²) in [6.45, 7) is 0. The summed E-state index contributed by atoms with van der Waals surface area (Å²) in [5.74, 6) is 0.898. The van der Waals surface area contributed by atoms with Gasteiger partial charge in [-0.1, -0.05) is 41.1 Å². The molecule has 0 aliphatic rings. The Balaban J connectivity index is 2.08. The molecule has 3 nitrogen and oxygen atoms in total. The first-order chi connectivity index (χ1) is 6.79. The lowest BCUT2D eigenvalue weighted by Gasteiger charge is -2.00. The highest BCUT2D eigenvalue weighted by atomic mass is 33.1. The van der Waals surface area contributed by atoms with Crippen LogP contribution in [0, 0.1) is 0 Å². The van der Waals surface area contributed by atoms with Crippen LogP contribution >= 0.6 is 21.8 Å². The molecule has 14 heavy (non-hydrogen) atoms. The van der Waals surface area contributed by atoms with Crippen molar-refractivity contribution in [3.05, 3.63) is 35.9 Å². The van der Waals surface area contributed by atoms with Crippen molar-refractivity contribution in [3.8, 4) is 0 Å². The fourth-order valence-electron chi connectivity index (χ4n) is 0.911. The van der Waals surface area contributed by atoms with E-state index in [1.54, 1.807) is 0 Å². The van der Waals surface area contributed by atoms with Crippen molar-refractivity contribution in [1.82, 2.24) is 4.72 Å². The van der Waals surface area contributed by atoms with E-state index < -0.39 is 6.09 Å². The van der Waals surface area contributed by atoms with Crippen molar-refractivity contribution in [2.24, 2.45) is 0 Å². The van der Waals surface area contributed by atoms with Crippen molar-refractivity contribution in [2.45, 2.75) is 6.42 Å². The third kappa shape index (κ3) is 5.04. The first-order valence-electron chi connectivity index (χ1n) is 4.10. The van der Waals surface area contributed by atoms with Gasteiger partial charge in [-0.15, -0.1) is 0 Å². The molecular formula is C9H11NO2S2. The van der Waals surface area contributed by atoms with Crippen LogP contribution in [0.4, 0.5) is 4.79 Å². The first kappa shape index (κ1) is 11.3. The zero-order chi connectivity index (χ0) is 10.2. The van der Waals surface area contributed by atoms with E-state index in [1.165, 1.54) is 16.4 Å². The number of aryl methyl sites for hydroxylation is 1. The molecule has 0 aliphatic carbocycles. The topological polar surface area (TPSA) is 49.3 Å². The van der Waals surface area contributed by atoms with Crippen LogP contribution in [0.5, 0.6) is 0 Å². The summed E-state index contributed by atoms with van der Waals surface area (Å²) < 4.78 is 2.23. The highest BCUT2D eigenvalue weighted by molar-refractivity contribution is 8.76. The third-order valence-electron chi connectivity index (χ3n) is 1.50. The Morgan fingerprint density at radius 3 is 2.71 bits per heavy atom. The summed E-state index contributed by atoms with van der Waals surface area (Å²) >= 11 is 0. The molecular weight excluding hydrogens is 218 g/mol. The average molecular weight is 229 g/mol. The summed E-state index contributed by atoms with van der Waals surface area (Å²) in [7, 11) is 2.65. The van der Waals surface area contributed by atoms with Gasteiger partial charge in [0.1, 0.15) is 0 Å². The van der Waals surface area contributed by atoms with E-state index in [-0.39, 0.29) is 0 Å². The van der Waals surface area contributed by atoms with Crippen LogP contribution in [-0.2, 0) is 6.42 Å². The van der Waals surface area contributed by atoms with Crippen LogP contribution in [0.25, 0.3) is 0 Å². The molecule has 1 amide bonds. The molecule has 1 aromatic carbocycles. The fraction of sp³-hybridized carbons (Fsp3) is 0.222. The van der Waals surface area contributed by atoms with Gasteiger partial charge >= 0.3 is 6.09 Å². The lowest BCUT2D eigenvalue weighted by Crippen LogP contribution is -2.09. The SMILES string of the molecule is O=C(O)NSSCCc1ccccc1. The summed E-state index contributed by atoms with van der Waals surface area (Å²) in [5.41, 5.74) is 1.27. The van der Waals surface area contributed by atoms with Crippen molar-refractivity contribution >= 4 is 27.9 Å². The van der Waals surface area contributed by atoms with Gasteiger partial charge < -0.3 is 5.11 Å². The second-order valence-corrected chi connectivity index (χ2v) is 4.77. The molecule has 0 aliphatic heterocycles. The molecule has 0 atom stereocenters. The molecule has 0 unspecified atom stereocenters. The maximum Gasteiger partial charge on any atom is 0.415 e. The molecule has 0 spiro atoms. The zero-order valence-electron chi connectivity index (χ0n) is 7.47. The van der Waals surface area contributed by atoms with Gasteiger partial charge in [-0.05, 0) is 12.0 Å². The number of benzene rings is 1. The third-order valence-corrected chi connectivity index (χ3v) is 3.35. The molecule has 0 saturated heterocycles. The van der Waals surface area contributed by atoms with E-state index in [1.807, 2.05) is 18.2 Å². The number of nitrogens with one attached hydrogen (secondary N) is 1. The maximum atomic E-state index is 10.1. The van der Waals surface area contributed by atoms with Crippen LogP contribution in [0.2, 0.25) is 0 Å². The molecule has 2 N–H and O–H groups in total. The summed E-state index contributed by atoms with van der Waals surface area (Å²) in [6, 6.07) is 10.1. The Morgan fingerprint density at radius 2 is 2.07 bits per heavy atom. The maximum absolute atomic E-state index is 10.1. The molecule has 1 rings (SSSR count). The van der Waals surface area contributed by atoms with Crippen molar-refractivity contribution in [2.75, 3.05) is 5.75 Å². The van der Waals surface area contributed by atoms with Gasteiger partial charge in [0.15, 0.2) is 0 Å². The number of hydrogen-bond acceptors (Lipinski definition) is 3. The molecule has 0 radical (unpaired) electrons. The highest BCUT2D eigenvalue weighted by Gasteiger charge is 1.95. The van der Waals surface area contributed by atoms with E-state index in [0.29, 0.717) is 0 Å². The summed E-state index contributed by atoms with van der Waals surface area (Å²) in [5, 5.41) is 8.28. The Labute approximate surface area is 90.8 Å². The first-order valence-corrected chi connectivity index (χ1v) is 6.42. The molecule has 1 aromatic rings. The van der Waals surface area contributed by atoms with Gasteiger partial charge in [-0.25, -0.2) is 4.79 Å². The molecule has 0 heterocycles. The molecule has 76 valence electrons. The van der Waals surface area contributed by atoms with E-state index >= 15 is 0 Å². The normalized spacial score (nSPS) is 9.71. The van der Waals surface area contributed by atoms with Gasteiger partial charge in [0.25, 0.3) is 0 Å². The van der Waals surface area contributed by atoms with E-state index in [0.717, 1.165) is 23.2 Å². The largest absolute Gasteiger partial charge is 0.464 e. The average Bonchev–Trinajstić information content (AvgIpc) is 2.18. The quantitative estimate of drug-likeness (QED) is 0.463. The zero-order valence-corrected chi connectivity index (χ0v) is 9.11. The second-order valence-electron chi connectivity index (χ2n) is 2.55. The molecule has 0 saturated carbocycles. The predicted molar refractivity (Wildman–Crippen MR) is 61.4 cm³/mol. The minimum Gasteiger partial charge on any atom is -0.464 e. The molecule has 5 heteroatoms. The number of carboxylic acid groups (broad SMARTS) is 1. The monoisotopic (exact) mass is 229 g/mol. The lowest BCUT2D eigenvalue weighted by molar-refractivity contribution is 0.202. The van der Waals surface area contributed by atoms with Crippen LogP contribution in [0.15, 0.2) is 30.3 Å². The van der Waals surface area contributed by atoms with Crippen LogP contribution in [0.3, 0.4) is 0 Å². The van der Waals surface area contributed by atoms with Gasteiger partial charge in [0.2, 0.25) is 0 Å². The van der Waals surface area contributed by atoms with Crippen molar-refractivity contribution in [3.63, 3.8) is 0 Å². The van der Waals surface area contributed by atoms with Crippen molar-refractivity contribution < 1.29 is 9.90 Å². The second kappa shape index (κ2) is 6.62. The van der Waals surface area contributed by atoms with Crippen molar-refractivity contribution in [1.29, 1.82) is 0 Å². The van der Waals surface area contributed by atoms with E-state index in [9.17, 15) is 4.79 Å². The number of rotatable bonds is 5. The Hall–Kier alpha value is -0.810. The number of hydrogen-bond donors (Lipinski definition) is 2. The molecule has 0 fully saturated rings. The smallest absolute Gasteiger partial charge is 0.415 e. The van der Waals surface area contributed by atoms with Gasteiger partial charge in [-0.2, -0.15) is 0 Å². The van der Waals surface area contributed by atoms with Gasteiger partial charge in [0, 0.05) is 16.7 Å². The summed E-state index contributed by atoms with van der Waals surface area (Å²) in [6.07, 6.45) is -0.0398. The van der Waals surface area contributed by atoms with Crippen LogP contribution < -0.4 is 4.72 Å². The van der Waals surface area contributed by atoms with E-state index in [2.05, 4.69) is 16.9 Å². The minimum absolute atomic E-state index is 0.898. The van der Waals surface area contributed by atoms with Crippen LogP contribution in [-0.4, -0.2) is 17.0 Å². The molecule has 0 aromatic heterocycles. The Bertz CT molecular complexity index is 279. The standard InChI is InChI=1S/C9H11NO2S2/c11-9(12)10-14-13-7-6-8-4-2-1-3-5-8/h1-5,10H,6-7H2,(H,11,12). The lowest BCUT2D eigenvalue weighted by atomic mass is 10.2. The Kier molecular flexibility index (Phi) is 5.32. The van der Waals surface area contributed by atoms with Crippen LogP contribution in [0.1, 0.15) is 5.56 Å². The van der Waals surface area contributed by atoms with Gasteiger partial charge in [0.05, 0.1) is 0 Å². The number of carbonyl (C=O) groups is 1. The highest BCUT2D eigenvalue weighted by Crippen LogP contribution is 2.18. The van der Waals surface area contributed by atoms with Gasteiger partial charge in [-0.3, -0.25) is 4.72 Å². The molecule has 0 bridgehead atoms. The Morgan fingerprint density at radius 1 is 1.36 bits per heavy atom.